The maximum absolute atomic E-state index is 16.3. The van der Waals surface area contributed by atoms with Crippen molar-refractivity contribution in [1.82, 2.24) is 9.97 Å². The highest BCUT2D eigenvalue weighted by Gasteiger charge is 2.59. The molecule has 0 aromatic carbocycles. The fraction of sp³-hybridized carbons (Fsp3) is 0.545. The lowest BCUT2D eigenvalue weighted by Gasteiger charge is -2.42. The minimum absolute atomic E-state index is 0.101. The summed E-state index contributed by atoms with van der Waals surface area (Å²) in [7, 11) is 0. The number of aryl methyl sites for hydroxylation is 1. The molecule has 1 saturated carbocycles. The van der Waals surface area contributed by atoms with Gasteiger partial charge in [-0.05, 0) is 62.1 Å². The van der Waals surface area contributed by atoms with Crippen LogP contribution in [0.1, 0.15) is 58.7 Å². The molecule has 3 unspecified atom stereocenters. The third kappa shape index (κ3) is 2.92. The van der Waals surface area contributed by atoms with Gasteiger partial charge in [0.1, 0.15) is 5.83 Å². The Hall–Kier alpha value is -2.13. The number of aromatic nitrogens is 2. The van der Waals surface area contributed by atoms with Crippen molar-refractivity contribution < 1.29 is 13.2 Å². The third-order valence-corrected chi connectivity index (χ3v) is 8.71. The molecular weight excluding hydrogens is 427 g/mol. The van der Waals surface area contributed by atoms with Gasteiger partial charge in [0.05, 0.1) is 16.6 Å². The molecule has 0 aliphatic heterocycles. The van der Waals surface area contributed by atoms with Gasteiger partial charge in [0, 0.05) is 21.4 Å². The van der Waals surface area contributed by atoms with E-state index in [1.54, 1.807) is 6.92 Å². The number of hydrogen-bond donors (Lipinski definition) is 3. The van der Waals surface area contributed by atoms with Crippen molar-refractivity contribution in [2.24, 2.45) is 17.6 Å². The Kier molecular flexibility index (Phi) is 4.82. The van der Waals surface area contributed by atoms with E-state index in [1.807, 2.05) is 11.1 Å². The number of nitrogens with two attached hydrogens (primary N) is 1. The summed E-state index contributed by atoms with van der Waals surface area (Å²) in [5.41, 5.74) is 2.72. The van der Waals surface area contributed by atoms with Crippen LogP contribution in [0.25, 0.3) is 5.57 Å². The van der Waals surface area contributed by atoms with E-state index in [0.717, 1.165) is 29.7 Å². The fourth-order valence-corrected chi connectivity index (χ4v) is 7.21. The molecule has 0 spiro atoms. The normalized spacial score (nSPS) is 28.1. The molecule has 2 heterocycles. The van der Waals surface area contributed by atoms with Crippen LogP contribution in [0.5, 0.6) is 0 Å². The number of rotatable bonds is 4. The Balaban J connectivity index is 1.78. The average molecular weight is 452 g/mol. The first-order valence-corrected chi connectivity index (χ1v) is 11.5. The Morgan fingerprint density at radius 3 is 2.65 bits per heavy atom. The lowest BCUT2D eigenvalue weighted by Crippen LogP contribution is -2.43. The zero-order valence-corrected chi connectivity index (χ0v) is 17.9. The predicted molar refractivity (Wildman–Crippen MR) is 113 cm³/mol. The molecule has 166 valence electrons. The molecule has 5 rings (SSSR count). The van der Waals surface area contributed by atoms with Gasteiger partial charge in [-0.2, -0.15) is 0 Å². The topological polar surface area (TPSA) is 91.7 Å². The van der Waals surface area contributed by atoms with Gasteiger partial charge in [-0.25, -0.2) is 18.0 Å². The Morgan fingerprint density at radius 2 is 2.00 bits per heavy atom. The first-order chi connectivity index (χ1) is 14.8. The molecule has 31 heavy (non-hydrogen) atoms. The first kappa shape index (κ1) is 20.8. The summed E-state index contributed by atoms with van der Waals surface area (Å²) in [4.78, 5) is 30.8. The number of allylic oxidation sites excluding steroid dienone is 2. The molecule has 0 bridgehead atoms. The van der Waals surface area contributed by atoms with E-state index in [-0.39, 0.29) is 11.6 Å². The summed E-state index contributed by atoms with van der Waals surface area (Å²) >= 11 is 1.49. The van der Waals surface area contributed by atoms with Crippen LogP contribution in [0.2, 0.25) is 0 Å². The van der Waals surface area contributed by atoms with Crippen molar-refractivity contribution >= 4 is 16.9 Å². The summed E-state index contributed by atoms with van der Waals surface area (Å²) in [5.74, 6) is -1.37. The van der Waals surface area contributed by atoms with Gasteiger partial charge in [-0.1, -0.05) is 6.92 Å². The second kappa shape index (κ2) is 7.20. The largest absolute Gasteiger partial charge is 0.330 e. The Morgan fingerprint density at radius 1 is 1.26 bits per heavy atom. The molecule has 2 aromatic heterocycles. The highest BCUT2D eigenvalue weighted by molar-refractivity contribution is 7.12. The second-order valence-corrected chi connectivity index (χ2v) is 10.1. The summed E-state index contributed by atoms with van der Waals surface area (Å²) in [6.45, 7) is 2.31. The third-order valence-electron chi connectivity index (χ3n) is 7.32. The molecule has 5 nitrogen and oxygen atoms in total. The van der Waals surface area contributed by atoms with Gasteiger partial charge in [0.2, 0.25) is 0 Å². The van der Waals surface area contributed by atoms with Crippen LogP contribution in [0.15, 0.2) is 21.5 Å². The van der Waals surface area contributed by atoms with Gasteiger partial charge in [-0.15, -0.1) is 11.3 Å². The van der Waals surface area contributed by atoms with E-state index < -0.39 is 46.0 Å². The van der Waals surface area contributed by atoms with Gasteiger partial charge in [0.15, 0.2) is 0 Å². The van der Waals surface area contributed by atoms with Crippen LogP contribution < -0.4 is 17.0 Å². The van der Waals surface area contributed by atoms with Crippen molar-refractivity contribution in [3.63, 3.8) is 0 Å². The zero-order chi connectivity index (χ0) is 22.1. The van der Waals surface area contributed by atoms with Crippen LogP contribution in [0.3, 0.4) is 0 Å². The molecule has 9 heteroatoms. The van der Waals surface area contributed by atoms with E-state index in [2.05, 4.69) is 4.98 Å². The SMILES string of the molecule is CC1c2[nH]c(=O)[nH]c(=O)c2C(C(F)F)=C(F)C1(c1cc2c(s1)CCC(CN)C2)C1CC1. The Bertz CT molecular complexity index is 1190. The maximum atomic E-state index is 16.3. The van der Waals surface area contributed by atoms with Crippen LogP contribution in [-0.2, 0) is 18.3 Å². The van der Waals surface area contributed by atoms with Crippen LogP contribution >= 0.6 is 11.3 Å². The number of alkyl halides is 2. The molecular formula is C22H24F3N3O2S. The van der Waals surface area contributed by atoms with E-state index in [1.165, 1.54) is 11.3 Å². The molecule has 2 aromatic rings. The number of halogens is 3. The number of H-pyrrole nitrogens is 2. The van der Waals surface area contributed by atoms with E-state index in [4.69, 9.17) is 5.73 Å². The zero-order valence-electron chi connectivity index (χ0n) is 17.1. The van der Waals surface area contributed by atoms with Crippen LogP contribution in [0, 0.1) is 11.8 Å². The molecule has 4 N–H and O–H groups in total. The quantitative estimate of drug-likeness (QED) is 0.663. The van der Waals surface area contributed by atoms with Crippen molar-refractivity contribution in [3.05, 3.63) is 59.3 Å². The van der Waals surface area contributed by atoms with E-state index in [9.17, 15) is 18.4 Å². The Labute approximate surface area is 180 Å². The van der Waals surface area contributed by atoms with Gasteiger partial charge >= 0.3 is 5.69 Å². The van der Waals surface area contributed by atoms with Crippen molar-refractivity contribution in [1.29, 1.82) is 0 Å². The standard InChI is InChI=1S/C22H24F3N3O2S/c1-9-17-15(20(29)28-21(30)27-17)16(19(24)25)18(23)22(9,12-3-4-12)14-7-11-6-10(8-26)2-5-13(11)31-14/h7,9-10,12,19H,2-6,8,26H2,1H3,(H2,27,28,29,30). The van der Waals surface area contributed by atoms with Crippen LogP contribution in [-0.4, -0.2) is 22.9 Å². The predicted octanol–water partition coefficient (Wildman–Crippen LogP) is 3.60. The molecule has 3 aliphatic rings. The van der Waals surface area contributed by atoms with E-state index >= 15 is 4.39 Å². The van der Waals surface area contributed by atoms with Crippen molar-refractivity contribution in [2.45, 2.75) is 56.8 Å². The highest BCUT2D eigenvalue weighted by Crippen LogP contribution is 2.64. The fourth-order valence-electron chi connectivity index (χ4n) is 5.65. The monoisotopic (exact) mass is 451 g/mol. The van der Waals surface area contributed by atoms with Gasteiger partial charge in [-0.3, -0.25) is 9.78 Å². The van der Waals surface area contributed by atoms with Gasteiger partial charge < -0.3 is 10.7 Å². The minimum atomic E-state index is -3.17. The summed E-state index contributed by atoms with van der Waals surface area (Å²) < 4.78 is 44.6. The van der Waals surface area contributed by atoms with E-state index in [0.29, 0.717) is 30.2 Å². The van der Waals surface area contributed by atoms with Crippen molar-refractivity contribution in [2.75, 3.05) is 6.54 Å². The number of thiophene rings is 1. The highest BCUT2D eigenvalue weighted by atomic mass is 32.1. The summed E-state index contributed by atoms with van der Waals surface area (Å²) in [6.07, 6.45) is 0.861. The van der Waals surface area contributed by atoms with Gasteiger partial charge in [0.25, 0.3) is 12.0 Å². The molecule has 1 fully saturated rings. The second-order valence-electron chi connectivity index (χ2n) is 8.99. The molecule has 3 aliphatic carbocycles. The summed E-state index contributed by atoms with van der Waals surface area (Å²) in [6, 6.07) is 1.97. The average Bonchev–Trinajstić information content (AvgIpc) is 3.47. The van der Waals surface area contributed by atoms with Crippen molar-refractivity contribution in [3.8, 4) is 0 Å². The maximum Gasteiger partial charge on any atom is 0.325 e. The molecule has 0 saturated heterocycles. The smallest absolute Gasteiger partial charge is 0.325 e. The molecule has 3 atom stereocenters. The molecule has 0 amide bonds. The number of aromatic amines is 2. The minimum Gasteiger partial charge on any atom is -0.330 e. The first-order valence-electron chi connectivity index (χ1n) is 10.7. The lowest BCUT2D eigenvalue weighted by atomic mass is 9.63. The lowest BCUT2D eigenvalue weighted by molar-refractivity contribution is 0.202. The number of nitrogens with one attached hydrogen (secondary N) is 2. The number of hydrogen-bond acceptors (Lipinski definition) is 4. The van der Waals surface area contributed by atoms with Crippen LogP contribution in [0.4, 0.5) is 13.2 Å². The molecule has 0 radical (unpaired) electrons. The summed E-state index contributed by atoms with van der Waals surface area (Å²) in [5, 5.41) is 0. The number of fused-ring (bicyclic) bond motifs is 2.